The Morgan fingerprint density at radius 1 is 1.06 bits per heavy atom. The van der Waals surface area contributed by atoms with Crippen molar-refractivity contribution in [1.29, 1.82) is 0 Å². The van der Waals surface area contributed by atoms with Crippen molar-refractivity contribution in [1.82, 2.24) is 15.4 Å². The Kier molecular flexibility index (Phi) is 7.86. The maximum absolute atomic E-state index is 13.3. The standard InChI is InChI=1S/C25H26N4O6/c30-22(28-33)11-13-34-19-14-21(29(15-19)25(32)35-16-17-6-2-1-3-7-17)24(31)27-20-10-4-8-18-9-5-12-26-23(18)20/h1-10,12,19,21,33H,11,13-16H2,(H,27,31)(H,28,30)/t19-,21-/m1/s1. The van der Waals surface area contributed by atoms with Gasteiger partial charge >= 0.3 is 6.09 Å². The van der Waals surface area contributed by atoms with Crippen LogP contribution in [0.2, 0.25) is 0 Å². The lowest BCUT2D eigenvalue weighted by molar-refractivity contribution is -0.130. The van der Waals surface area contributed by atoms with E-state index in [-0.39, 0.29) is 38.5 Å². The molecule has 3 N–H and O–H groups in total. The molecule has 10 nitrogen and oxygen atoms in total. The number of hydroxylamine groups is 1. The Labute approximate surface area is 201 Å². The van der Waals surface area contributed by atoms with Crippen LogP contribution in [0.1, 0.15) is 18.4 Å². The molecular weight excluding hydrogens is 452 g/mol. The molecule has 10 heteroatoms. The monoisotopic (exact) mass is 478 g/mol. The molecule has 0 bridgehead atoms. The highest BCUT2D eigenvalue weighted by Gasteiger charge is 2.41. The second-order valence-electron chi connectivity index (χ2n) is 8.09. The Morgan fingerprint density at radius 3 is 2.66 bits per heavy atom. The average molecular weight is 479 g/mol. The molecule has 1 aliphatic heterocycles. The predicted octanol–water partition coefficient (Wildman–Crippen LogP) is 2.87. The molecule has 35 heavy (non-hydrogen) atoms. The molecule has 0 saturated carbocycles. The van der Waals surface area contributed by atoms with Gasteiger partial charge in [0.05, 0.1) is 36.9 Å². The average Bonchev–Trinajstić information content (AvgIpc) is 3.32. The van der Waals surface area contributed by atoms with E-state index < -0.39 is 24.1 Å². The lowest BCUT2D eigenvalue weighted by atomic mass is 10.1. The van der Waals surface area contributed by atoms with Crippen molar-refractivity contribution < 1.29 is 29.1 Å². The Balaban J connectivity index is 1.46. The summed E-state index contributed by atoms with van der Waals surface area (Å²) in [5, 5.41) is 12.4. The van der Waals surface area contributed by atoms with Crippen LogP contribution in [0, 0.1) is 0 Å². The summed E-state index contributed by atoms with van der Waals surface area (Å²) >= 11 is 0. The second kappa shape index (κ2) is 11.4. The summed E-state index contributed by atoms with van der Waals surface area (Å²) in [6.45, 7) is 0.228. The third kappa shape index (κ3) is 6.11. The third-order valence-corrected chi connectivity index (χ3v) is 5.70. The number of benzene rings is 2. The van der Waals surface area contributed by atoms with E-state index in [9.17, 15) is 14.4 Å². The van der Waals surface area contributed by atoms with Crippen molar-refractivity contribution in [3.63, 3.8) is 0 Å². The van der Waals surface area contributed by atoms with Crippen LogP contribution in [-0.4, -0.2) is 58.3 Å². The molecule has 0 aliphatic carbocycles. The Hall–Kier alpha value is -4.02. The zero-order valence-electron chi connectivity index (χ0n) is 18.9. The molecule has 1 aromatic heterocycles. The molecule has 3 aromatic rings. The van der Waals surface area contributed by atoms with E-state index in [0.717, 1.165) is 10.9 Å². The fourth-order valence-electron chi connectivity index (χ4n) is 3.97. The number of para-hydroxylation sites is 1. The number of nitrogens with one attached hydrogen (secondary N) is 2. The molecule has 4 rings (SSSR count). The molecule has 2 atom stereocenters. The number of amides is 3. The highest BCUT2D eigenvalue weighted by molar-refractivity contribution is 6.03. The highest BCUT2D eigenvalue weighted by Crippen LogP contribution is 2.26. The molecule has 0 unspecified atom stereocenters. The van der Waals surface area contributed by atoms with Gasteiger partial charge in [0.15, 0.2) is 0 Å². The van der Waals surface area contributed by atoms with Gasteiger partial charge in [0.25, 0.3) is 0 Å². The lowest BCUT2D eigenvalue weighted by Crippen LogP contribution is -2.43. The minimum Gasteiger partial charge on any atom is -0.445 e. The van der Waals surface area contributed by atoms with Crippen molar-refractivity contribution in [3.8, 4) is 0 Å². The van der Waals surface area contributed by atoms with E-state index in [1.807, 2.05) is 54.6 Å². The van der Waals surface area contributed by atoms with Gasteiger partial charge in [-0.3, -0.25) is 24.7 Å². The summed E-state index contributed by atoms with van der Waals surface area (Å²) in [7, 11) is 0. The van der Waals surface area contributed by atoms with E-state index in [1.165, 1.54) is 4.90 Å². The van der Waals surface area contributed by atoms with Gasteiger partial charge < -0.3 is 14.8 Å². The number of rotatable bonds is 8. The van der Waals surface area contributed by atoms with Gasteiger partial charge in [-0.05, 0) is 17.7 Å². The van der Waals surface area contributed by atoms with Crippen LogP contribution < -0.4 is 10.8 Å². The molecule has 1 aliphatic rings. The van der Waals surface area contributed by atoms with Crippen molar-refractivity contribution in [2.75, 3.05) is 18.5 Å². The van der Waals surface area contributed by atoms with Crippen molar-refractivity contribution in [2.24, 2.45) is 0 Å². The second-order valence-corrected chi connectivity index (χ2v) is 8.09. The molecule has 3 amide bonds. The summed E-state index contributed by atoms with van der Waals surface area (Å²) in [5.74, 6) is -0.973. The van der Waals surface area contributed by atoms with Crippen LogP contribution in [0.4, 0.5) is 10.5 Å². The number of fused-ring (bicyclic) bond motifs is 1. The molecule has 0 spiro atoms. The van der Waals surface area contributed by atoms with Crippen molar-refractivity contribution in [3.05, 3.63) is 72.4 Å². The molecular formula is C25H26N4O6. The van der Waals surface area contributed by atoms with Crippen LogP contribution in [0.3, 0.4) is 0 Å². The largest absolute Gasteiger partial charge is 0.445 e. The Bertz CT molecular complexity index is 1180. The quantitative estimate of drug-likeness (QED) is 0.335. The van der Waals surface area contributed by atoms with Crippen LogP contribution >= 0.6 is 0 Å². The van der Waals surface area contributed by atoms with Gasteiger partial charge in [-0.2, -0.15) is 0 Å². The zero-order chi connectivity index (χ0) is 24.6. The summed E-state index contributed by atoms with van der Waals surface area (Å²) in [6.07, 6.45) is 0.707. The van der Waals surface area contributed by atoms with E-state index in [1.54, 1.807) is 17.7 Å². The topological polar surface area (TPSA) is 130 Å². The van der Waals surface area contributed by atoms with E-state index in [2.05, 4.69) is 10.3 Å². The first-order valence-corrected chi connectivity index (χ1v) is 11.2. The summed E-state index contributed by atoms with van der Waals surface area (Å²) < 4.78 is 11.2. The zero-order valence-corrected chi connectivity index (χ0v) is 18.9. The van der Waals surface area contributed by atoms with Crippen LogP contribution in [0.15, 0.2) is 66.9 Å². The number of pyridine rings is 1. The third-order valence-electron chi connectivity index (χ3n) is 5.70. The first-order valence-electron chi connectivity index (χ1n) is 11.2. The Morgan fingerprint density at radius 2 is 1.86 bits per heavy atom. The number of hydrogen-bond acceptors (Lipinski definition) is 7. The minimum atomic E-state index is -0.839. The molecule has 1 fully saturated rings. The van der Waals surface area contributed by atoms with E-state index in [0.29, 0.717) is 11.2 Å². The van der Waals surface area contributed by atoms with Crippen LogP contribution in [0.5, 0.6) is 0 Å². The molecule has 2 heterocycles. The predicted molar refractivity (Wildman–Crippen MR) is 126 cm³/mol. The molecule has 2 aromatic carbocycles. The normalized spacial score (nSPS) is 17.2. The fraction of sp³-hybridized carbons (Fsp3) is 0.280. The van der Waals surface area contributed by atoms with E-state index >= 15 is 0 Å². The highest BCUT2D eigenvalue weighted by atomic mass is 16.6. The summed E-state index contributed by atoms with van der Waals surface area (Å²) in [5.41, 5.74) is 3.55. The maximum atomic E-state index is 13.3. The SMILES string of the molecule is O=C(CCO[C@@H]1C[C@H](C(=O)Nc2cccc3cccnc23)N(C(=O)OCc2ccccc2)C1)NO. The smallest absolute Gasteiger partial charge is 0.410 e. The van der Waals surface area contributed by atoms with Gasteiger partial charge in [-0.15, -0.1) is 0 Å². The number of likely N-dealkylation sites (tertiary alicyclic amines) is 1. The summed E-state index contributed by atoms with van der Waals surface area (Å²) in [6, 6.07) is 17.6. The number of anilines is 1. The van der Waals surface area contributed by atoms with E-state index in [4.69, 9.17) is 14.7 Å². The van der Waals surface area contributed by atoms with Crippen LogP contribution in [-0.2, 0) is 25.7 Å². The number of nitrogens with zero attached hydrogens (tertiary/aromatic N) is 2. The van der Waals surface area contributed by atoms with Crippen molar-refractivity contribution in [2.45, 2.75) is 31.6 Å². The first-order chi connectivity index (χ1) is 17.0. The number of ether oxygens (including phenoxy) is 2. The number of carbonyl (C=O) groups excluding carboxylic acids is 3. The molecule has 0 radical (unpaired) electrons. The minimum absolute atomic E-state index is 0.0333. The number of hydrogen-bond donors (Lipinski definition) is 3. The lowest BCUT2D eigenvalue weighted by Gasteiger charge is -2.23. The van der Waals surface area contributed by atoms with Crippen molar-refractivity contribution >= 4 is 34.5 Å². The van der Waals surface area contributed by atoms with Gasteiger partial charge in [-0.25, -0.2) is 10.3 Å². The first kappa shape index (κ1) is 24.1. The van der Waals surface area contributed by atoms with Crippen LogP contribution in [0.25, 0.3) is 10.9 Å². The summed E-state index contributed by atoms with van der Waals surface area (Å²) in [4.78, 5) is 43.2. The van der Waals surface area contributed by atoms with Gasteiger partial charge in [-0.1, -0.05) is 48.5 Å². The number of aromatic nitrogens is 1. The van der Waals surface area contributed by atoms with Gasteiger partial charge in [0, 0.05) is 18.0 Å². The maximum Gasteiger partial charge on any atom is 0.410 e. The van der Waals surface area contributed by atoms with Gasteiger partial charge in [0.1, 0.15) is 12.6 Å². The fourth-order valence-corrected chi connectivity index (χ4v) is 3.97. The van der Waals surface area contributed by atoms with Gasteiger partial charge in [0.2, 0.25) is 11.8 Å². The number of carbonyl (C=O) groups is 3. The molecule has 1 saturated heterocycles. The molecule has 182 valence electrons.